The average molecular weight is 334 g/mol. The smallest absolute Gasteiger partial charge is 0.165 e. The van der Waals surface area contributed by atoms with Crippen molar-refractivity contribution < 1.29 is 18.6 Å². The quantitative estimate of drug-likeness (QED) is 0.563. The fourth-order valence-electron chi connectivity index (χ4n) is 2.59. The van der Waals surface area contributed by atoms with Crippen molar-refractivity contribution in [1.29, 1.82) is 0 Å². The summed E-state index contributed by atoms with van der Waals surface area (Å²) in [6.45, 7) is 2.66. The van der Waals surface area contributed by atoms with Crippen molar-refractivity contribution in [2.75, 3.05) is 6.61 Å². The van der Waals surface area contributed by atoms with E-state index in [4.69, 9.17) is 4.74 Å². The molecule has 1 N–H and O–H groups in total. The van der Waals surface area contributed by atoms with Gasteiger partial charge < -0.3 is 9.84 Å². The summed E-state index contributed by atoms with van der Waals surface area (Å²) in [5, 5.41) is 9.24. The highest BCUT2D eigenvalue weighted by Gasteiger charge is 2.10. The first kappa shape index (κ1) is 18.2. The Morgan fingerprint density at radius 2 is 1.62 bits per heavy atom. The summed E-state index contributed by atoms with van der Waals surface area (Å²) in [4.78, 5) is 0. The summed E-state index contributed by atoms with van der Waals surface area (Å²) < 4.78 is 33.4. The van der Waals surface area contributed by atoms with Gasteiger partial charge in [-0.15, -0.1) is 0 Å². The third-order valence-corrected chi connectivity index (χ3v) is 3.95. The number of halogens is 2. The first-order chi connectivity index (χ1) is 11.6. The van der Waals surface area contributed by atoms with Crippen LogP contribution in [-0.2, 0) is 0 Å². The number of phenols is 1. The molecule has 0 radical (unpaired) electrons. The van der Waals surface area contributed by atoms with Gasteiger partial charge in [0.15, 0.2) is 11.6 Å². The van der Waals surface area contributed by atoms with Gasteiger partial charge in [-0.05, 0) is 36.2 Å². The highest BCUT2D eigenvalue weighted by atomic mass is 19.1. The lowest BCUT2D eigenvalue weighted by molar-refractivity contribution is 0.290. The minimum absolute atomic E-state index is 0.157. The maximum Gasteiger partial charge on any atom is 0.165 e. The molecule has 0 heterocycles. The van der Waals surface area contributed by atoms with Gasteiger partial charge in [0.1, 0.15) is 11.6 Å². The molecule has 2 rings (SSSR count). The van der Waals surface area contributed by atoms with Crippen molar-refractivity contribution >= 4 is 0 Å². The van der Waals surface area contributed by atoms with Crippen molar-refractivity contribution in [2.24, 2.45) is 0 Å². The Morgan fingerprint density at radius 1 is 0.875 bits per heavy atom. The summed E-state index contributed by atoms with van der Waals surface area (Å²) in [5.41, 5.74) is 0.658. The lowest BCUT2D eigenvalue weighted by atomic mass is 10.0. The molecule has 0 aliphatic rings. The van der Waals surface area contributed by atoms with Crippen LogP contribution in [0.2, 0.25) is 0 Å². The predicted molar refractivity (Wildman–Crippen MR) is 92.3 cm³/mol. The number of ether oxygens (including phenoxy) is 1. The van der Waals surface area contributed by atoms with E-state index in [1.165, 1.54) is 49.9 Å². The third kappa shape index (κ3) is 5.22. The van der Waals surface area contributed by atoms with Crippen molar-refractivity contribution in [3.05, 3.63) is 48.0 Å². The zero-order valence-corrected chi connectivity index (χ0v) is 14.0. The standard InChI is InChI=1S/C20H24F2O2/c1-2-3-4-5-6-7-12-24-20-11-8-15(13-19(20)22)17-10-9-16(23)14-18(17)21/h8-11,13-14,23H,2-7,12H2,1H3. The second-order valence-electron chi connectivity index (χ2n) is 5.93. The van der Waals surface area contributed by atoms with Crippen LogP contribution in [0.4, 0.5) is 8.78 Å². The first-order valence-electron chi connectivity index (χ1n) is 8.53. The Kier molecular flexibility index (Phi) is 7.04. The van der Waals surface area contributed by atoms with E-state index < -0.39 is 11.6 Å². The molecule has 2 aromatic rings. The molecule has 0 spiro atoms. The predicted octanol–water partition coefficient (Wildman–Crippen LogP) is 6.08. The number of unbranched alkanes of at least 4 members (excludes halogenated alkanes) is 5. The number of benzene rings is 2. The number of rotatable bonds is 9. The van der Waals surface area contributed by atoms with E-state index in [0.717, 1.165) is 18.9 Å². The van der Waals surface area contributed by atoms with Crippen molar-refractivity contribution in [3.63, 3.8) is 0 Å². The normalized spacial score (nSPS) is 10.8. The van der Waals surface area contributed by atoms with Gasteiger partial charge in [-0.2, -0.15) is 0 Å². The van der Waals surface area contributed by atoms with Crippen LogP contribution in [0.3, 0.4) is 0 Å². The van der Waals surface area contributed by atoms with Gasteiger partial charge in [-0.1, -0.05) is 45.1 Å². The SMILES string of the molecule is CCCCCCCCOc1ccc(-c2ccc(O)cc2F)cc1F. The first-order valence-corrected chi connectivity index (χ1v) is 8.53. The number of hydrogen-bond donors (Lipinski definition) is 1. The molecule has 0 atom stereocenters. The van der Waals surface area contributed by atoms with Gasteiger partial charge in [-0.3, -0.25) is 0 Å². The highest BCUT2D eigenvalue weighted by molar-refractivity contribution is 5.65. The molecule has 2 aromatic carbocycles. The van der Waals surface area contributed by atoms with Crippen molar-refractivity contribution in [2.45, 2.75) is 45.4 Å². The Balaban J connectivity index is 1.90. The molecule has 0 saturated heterocycles. The molecule has 4 heteroatoms. The molecule has 2 nitrogen and oxygen atoms in total. The van der Waals surface area contributed by atoms with Crippen LogP contribution in [0, 0.1) is 11.6 Å². The summed E-state index contributed by atoms with van der Waals surface area (Å²) in [7, 11) is 0. The van der Waals surface area contributed by atoms with Gasteiger partial charge in [-0.25, -0.2) is 8.78 Å². The minimum Gasteiger partial charge on any atom is -0.508 e. The molecule has 0 fully saturated rings. The van der Waals surface area contributed by atoms with Crippen molar-refractivity contribution in [3.8, 4) is 22.6 Å². The Morgan fingerprint density at radius 3 is 2.33 bits per heavy atom. The van der Waals surface area contributed by atoms with Gasteiger partial charge >= 0.3 is 0 Å². The summed E-state index contributed by atoms with van der Waals surface area (Å²) in [5.74, 6) is -1.07. The molecular formula is C20H24F2O2. The fourth-order valence-corrected chi connectivity index (χ4v) is 2.59. The number of hydrogen-bond acceptors (Lipinski definition) is 2. The molecular weight excluding hydrogens is 310 g/mol. The molecule has 0 aromatic heterocycles. The Hall–Kier alpha value is -2.10. The van der Waals surface area contributed by atoms with E-state index in [-0.39, 0.29) is 17.1 Å². The van der Waals surface area contributed by atoms with Crippen LogP contribution in [-0.4, -0.2) is 11.7 Å². The Labute approximate surface area is 142 Å². The maximum atomic E-state index is 14.1. The van der Waals surface area contributed by atoms with Crippen LogP contribution in [0.5, 0.6) is 11.5 Å². The third-order valence-electron chi connectivity index (χ3n) is 3.95. The monoisotopic (exact) mass is 334 g/mol. The van der Waals surface area contributed by atoms with Crippen LogP contribution in [0.1, 0.15) is 45.4 Å². The van der Waals surface area contributed by atoms with E-state index >= 15 is 0 Å². The molecule has 0 bridgehead atoms. The van der Waals surface area contributed by atoms with E-state index in [9.17, 15) is 13.9 Å². The number of phenolic OH excluding ortho intramolecular Hbond substituents is 1. The lowest BCUT2D eigenvalue weighted by Gasteiger charge is -2.09. The summed E-state index contributed by atoms with van der Waals surface area (Å²) in [6.07, 6.45) is 6.87. The molecule has 0 amide bonds. The van der Waals surface area contributed by atoms with Crippen LogP contribution in [0.15, 0.2) is 36.4 Å². The van der Waals surface area contributed by atoms with E-state index in [1.54, 1.807) is 6.07 Å². The lowest BCUT2D eigenvalue weighted by Crippen LogP contribution is -1.99. The molecule has 0 aliphatic heterocycles. The van der Waals surface area contributed by atoms with E-state index in [0.29, 0.717) is 12.2 Å². The van der Waals surface area contributed by atoms with E-state index in [1.807, 2.05) is 0 Å². The topological polar surface area (TPSA) is 29.5 Å². The zero-order valence-electron chi connectivity index (χ0n) is 14.0. The summed E-state index contributed by atoms with van der Waals surface area (Å²) >= 11 is 0. The maximum absolute atomic E-state index is 14.1. The summed E-state index contributed by atoms with van der Waals surface area (Å²) in [6, 6.07) is 8.21. The average Bonchev–Trinajstić information content (AvgIpc) is 2.55. The van der Waals surface area contributed by atoms with E-state index in [2.05, 4.69) is 6.92 Å². The Bertz CT molecular complexity index is 656. The highest BCUT2D eigenvalue weighted by Crippen LogP contribution is 2.29. The van der Waals surface area contributed by atoms with Crippen LogP contribution in [0.25, 0.3) is 11.1 Å². The van der Waals surface area contributed by atoms with Gasteiger partial charge in [0.2, 0.25) is 0 Å². The van der Waals surface area contributed by atoms with Gasteiger partial charge in [0.25, 0.3) is 0 Å². The molecule has 0 saturated carbocycles. The fraction of sp³-hybridized carbons (Fsp3) is 0.400. The molecule has 130 valence electrons. The van der Waals surface area contributed by atoms with Crippen LogP contribution < -0.4 is 4.74 Å². The van der Waals surface area contributed by atoms with Crippen molar-refractivity contribution in [1.82, 2.24) is 0 Å². The number of aromatic hydroxyl groups is 1. The second kappa shape index (κ2) is 9.26. The largest absolute Gasteiger partial charge is 0.508 e. The van der Waals surface area contributed by atoms with Gasteiger partial charge in [0.05, 0.1) is 6.61 Å². The van der Waals surface area contributed by atoms with Crippen LogP contribution >= 0.6 is 0 Å². The molecule has 24 heavy (non-hydrogen) atoms. The zero-order chi connectivity index (χ0) is 17.4. The molecule has 0 unspecified atom stereocenters. The second-order valence-corrected chi connectivity index (χ2v) is 5.93. The minimum atomic E-state index is -0.588. The van der Waals surface area contributed by atoms with Gasteiger partial charge in [0, 0.05) is 11.6 Å². The molecule has 0 aliphatic carbocycles.